The predicted molar refractivity (Wildman–Crippen MR) is 96.6 cm³/mol. The Kier molecular flexibility index (Phi) is 7.36. The molecule has 1 aromatic heterocycles. The van der Waals surface area contributed by atoms with Gasteiger partial charge in [0.15, 0.2) is 0 Å². The highest BCUT2D eigenvalue weighted by atomic mass is 16.5. The number of pyridine rings is 1. The van der Waals surface area contributed by atoms with Crippen molar-refractivity contribution in [3.05, 3.63) is 23.9 Å². The van der Waals surface area contributed by atoms with Crippen molar-refractivity contribution >= 4 is 17.6 Å². The first-order valence-electron chi connectivity index (χ1n) is 8.75. The van der Waals surface area contributed by atoms with E-state index >= 15 is 0 Å². The SMILES string of the molecule is CC(C)C[C@H](NC(=O)c1ccc(N2CCOCC2)nc1)C(=O)NCC#N. The maximum absolute atomic E-state index is 12.5. The highest BCUT2D eigenvalue weighted by molar-refractivity contribution is 5.97. The summed E-state index contributed by atoms with van der Waals surface area (Å²) in [5, 5.41) is 13.8. The summed E-state index contributed by atoms with van der Waals surface area (Å²) in [5.74, 6) is 0.306. The van der Waals surface area contributed by atoms with Crippen LogP contribution in [0.15, 0.2) is 18.3 Å². The molecule has 140 valence electrons. The molecule has 1 atom stereocenters. The molecule has 0 unspecified atom stereocenters. The van der Waals surface area contributed by atoms with Crippen molar-refractivity contribution < 1.29 is 14.3 Å². The number of carbonyl (C=O) groups is 2. The quantitative estimate of drug-likeness (QED) is 0.694. The molecule has 1 fully saturated rings. The number of amides is 2. The van der Waals surface area contributed by atoms with Crippen LogP contribution in [0.2, 0.25) is 0 Å². The summed E-state index contributed by atoms with van der Waals surface area (Å²) in [5.41, 5.74) is 0.392. The zero-order valence-electron chi connectivity index (χ0n) is 15.2. The topological polar surface area (TPSA) is 107 Å². The van der Waals surface area contributed by atoms with E-state index in [-0.39, 0.29) is 24.3 Å². The largest absolute Gasteiger partial charge is 0.378 e. The van der Waals surface area contributed by atoms with Crippen molar-refractivity contribution in [2.45, 2.75) is 26.3 Å². The lowest BCUT2D eigenvalue weighted by molar-refractivity contribution is -0.123. The summed E-state index contributed by atoms with van der Waals surface area (Å²) in [7, 11) is 0. The van der Waals surface area contributed by atoms with Gasteiger partial charge in [0, 0.05) is 19.3 Å². The number of nitrogens with one attached hydrogen (secondary N) is 2. The van der Waals surface area contributed by atoms with Gasteiger partial charge in [0.05, 0.1) is 24.8 Å². The van der Waals surface area contributed by atoms with E-state index in [2.05, 4.69) is 20.5 Å². The second-order valence-electron chi connectivity index (χ2n) is 6.54. The van der Waals surface area contributed by atoms with Gasteiger partial charge in [-0.2, -0.15) is 5.26 Å². The molecule has 0 bridgehead atoms. The number of anilines is 1. The minimum absolute atomic E-state index is 0.0842. The molecule has 2 N–H and O–H groups in total. The molecule has 8 nitrogen and oxygen atoms in total. The smallest absolute Gasteiger partial charge is 0.253 e. The van der Waals surface area contributed by atoms with Crippen molar-refractivity contribution in [2.24, 2.45) is 5.92 Å². The molecule has 1 saturated heterocycles. The molecule has 0 saturated carbocycles. The molecule has 2 heterocycles. The Bertz CT molecular complexity index is 648. The number of nitrogens with zero attached hydrogens (tertiary/aromatic N) is 3. The number of nitriles is 1. The Balaban J connectivity index is 2.01. The van der Waals surface area contributed by atoms with Crippen LogP contribution in [0, 0.1) is 17.2 Å². The number of aromatic nitrogens is 1. The summed E-state index contributed by atoms with van der Waals surface area (Å²) in [6.45, 7) is 6.73. The van der Waals surface area contributed by atoms with Crippen LogP contribution in [0.25, 0.3) is 0 Å². The number of carbonyl (C=O) groups excluding carboxylic acids is 2. The third-order valence-corrected chi connectivity index (χ3v) is 4.02. The van der Waals surface area contributed by atoms with Gasteiger partial charge in [-0.05, 0) is 24.5 Å². The van der Waals surface area contributed by atoms with Gasteiger partial charge in [0.25, 0.3) is 5.91 Å². The van der Waals surface area contributed by atoms with Gasteiger partial charge in [-0.3, -0.25) is 9.59 Å². The first-order chi connectivity index (χ1) is 12.5. The maximum Gasteiger partial charge on any atom is 0.253 e. The van der Waals surface area contributed by atoms with Crippen LogP contribution < -0.4 is 15.5 Å². The van der Waals surface area contributed by atoms with Gasteiger partial charge in [-0.15, -0.1) is 0 Å². The van der Waals surface area contributed by atoms with Crippen LogP contribution in [0.3, 0.4) is 0 Å². The third-order valence-electron chi connectivity index (χ3n) is 4.02. The Morgan fingerprint density at radius 2 is 2.08 bits per heavy atom. The molecule has 0 radical (unpaired) electrons. The summed E-state index contributed by atoms with van der Waals surface area (Å²) >= 11 is 0. The van der Waals surface area contributed by atoms with E-state index in [9.17, 15) is 9.59 Å². The van der Waals surface area contributed by atoms with E-state index in [4.69, 9.17) is 10.00 Å². The maximum atomic E-state index is 12.5. The summed E-state index contributed by atoms with van der Waals surface area (Å²) in [6, 6.07) is 4.68. The first-order valence-corrected chi connectivity index (χ1v) is 8.75. The minimum Gasteiger partial charge on any atom is -0.378 e. The fourth-order valence-corrected chi connectivity index (χ4v) is 2.69. The number of hydrogen-bond acceptors (Lipinski definition) is 6. The molecule has 1 aliphatic heterocycles. The molecule has 2 rings (SSSR count). The number of ether oxygens (including phenoxy) is 1. The van der Waals surface area contributed by atoms with E-state index in [1.54, 1.807) is 12.1 Å². The fourth-order valence-electron chi connectivity index (χ4n) is 2.69. The van der Waals surface area contributed by atoms with Crippen LogP contribution >= 0.6 is 0 Å². The normalized spacial score (nSPS) is 15.2. The van der Waals surface area contributed by atoms with Gasteiger partial charge in [-0.25, -0.2) is 4.98 Å². The molecule has 8 heteroatoms. The van der Waals surface area contributed by atoms with Crippen LogP contribution in [0.5, 0.6) is 0 Å². The van der Waals surface area contributed by atoms with Crippen LogP contribution in [-0.2, 0) is 9.53 Å². The standard InChI is InChI=1S/C18H25N5O3/c1-13(2)11-15(18(25)20-6-5-19)22-17(24)14-3-4-16(21-12-14)23-7-9-26-10-8-23/h3-4,12-13,15H,6-11H2,1-2H3,(H,20,25)(H,22,24)/t15-/m0/s1. The monoisotopic (exact) mass is 359 g/mol. The Morgan fingerprint density at radius 3 is 2.65 bits per heavy atom. The Hall–Kier alpha value is -2.66. The van der Waals surface area contributed by atoms with Crippen molar-refractivity contribution in [2.75, 3.05) is 37.7 Å². The van der Waals surface area contributed by atoms with E-state index < -0.39 is 6.04 Å². The fraction of sp³-hybridized carbons (Fsp3) is 0.556. The number of rotatable bonds is 7. The van der Waals surface area contributed by atoms with Gasteiger partial charge < -0.3 is 20.3 Å². The zero-order valence-corrected chi connectivity index (χ0v) is 15.2. The lowest BCUT2D eigenvalue weighted by atomic mass is 10.0. The Labute approximate surface area is 153 Å². The highest BCUT2D eigenvalue weighted by Gasteiger charge is 2.22. The van der Waals surface area contributed by atoms with Crippen molar-refractivity contribution in [3.8, 4) is 6.07 Å². The molecule has 26 heavy (non-hydrogen) atoms. The predicted octanol–water partition coefficient (Wildman–Crippen LogP) is 0.702. The van der Waals surface area contributed by atoms with Crippen molar-refractivity contribution in [1.82, 2.24) is 15.6 Å². The second kappa shape index (κ2) is 9.73. The summed E-state index contributed by atoms with van der Waals surface area (Å²) in [6.07, 6.45) is 2.00. The lowest BCUT2D eigenvalue weighted by Gasteiger charge is -2.27. The summed E-state index contributed by atoms with van der Waals surface area (Å²) < 4.78 is 5.32. The minimum atomic E-state index is -0.685. The van der Waals surface area contributed by atoms with Crippen LogP contribution in [-0.4, -0.2) is 55.7 Å². The van der Waals surface area contributed by atoms with Crippen LogP contribution in [0.4, 0.5) is 5.82 Å². The average molecular weight is 359 g/mol. The second-order valence-corrected chi connectivity index (χ2v) is 6.54. The van der Waals surface area contributed by atoms with Gasteiger partial charge >= 0.3 is 0 Å². The van der Waals surface area contributed by atoms with Crippen LogP contribution in [0.1, 0.15) is 30.6 Å². The molecule has 0 aliphatic carbocycles. The van der Waals surface area contributed by atoms with E-state index in [0.29, 0.717) is 25.2 Å². The van der Waals surface area contributed by atoms with E-state index in [0.717, 1.165) is 18.9 Å². The average Bonchev–Trinajstić information content (AvgIpc) is 2.66. The molecule has 0 aromatic carbocycles. The van der Waals surface area contributed by atoms with Crippen molar-refractivity contribution in [1.29, 1.82) is 5.26 Å². The molecule has 1 aromatic rings. The molecule has 2 amide bonds. The molecular formula is C18H25N5O3. The molecular weight excluding hydrogens is 334 g/mol. The Morgan fingerprint density at radius 1 is 1.35 bits per heavy atom. The van der Waals surface area contributed by atoms with E-state index in [1.807, 2.05) is 19.9 Å². The van der Waals surface area contributed by atoms with Gasteiger partial charge in [0.1, 0.15) is 18.4 Å². The third kappa shape index (κ3) is 5.70. The summed E-state index contributed by atoms with van der Waals surface area (Å²) in [4.78, 5) is 31.1. The molecule has 0 spiro atoms. The lowest BCUT2D eigenvalue weighted by Crippen LogP contribution is -2.47. The van der Waals surface area contributed by atoms with Gasteiger partial charge in [-0.1, -0.05) is 13.8 Å². The highest BCUT2D eigenvalue weighted by Crippen LogP contribution is 2.13. The van der Waals surface area contributed by atoms with E-state index in [1.165, 1.54) is 6.20 Å². The van der Waals surface area contributed by atoms with Gasteiger partial charge in [0.2, 0.25) is 5.91 Å². The van der Waals surface area contributed by atoms with Crippen molar-refractivity contribution in [3.63, 3.8) is 0 Å². The number of hydrogen-bond donors (Lipinski definition) is 2. The molecule has 1 aliphatic rings. The number of morpholine rings is 1. The zero-order chi connectivity index (χ0) is 18.9. The first kappa shape index (κ1) is 19.7.